The number of esters is 3. The van der Waals surface area contributed by atoms with Crippen LogP contribution in [0.1, 0.15) is 335 Å². The van der Waals surface area contributed by atoms with Crippen LogP contribution in [0.15, 0.2) is 24.3 Å². The molecule has 0 aromatic rings. The van der Waals surface area contributed by atoms with Gasteiger partial charge in [-0.2, -0.15) is 0 Å². The molecule has 1 atom stereocenters. The predicted molar refractivity (Wildman–Crippen MR) is 293 cm³/mol. The van der Waals surface area contributed by atoms with Crippen molar-refractivity contribution in [2.24, 2.45) is 0 Å². The van der Waals surface area contributed by atoms with Gasteiger partial charge in [0.1, 0.15) is 13.2 Å². The molecular formula is C62H116O6. The summed E-state index contributed by atoms with van der Waals surface area (Å²) >= 11 is 0. The van der Waals surface area contributed by atoms with E-state index in [4.69, 9.17) is 14.2 Å². The van der Waals surface area contributed by atoms with E-state index in [1.165, 1.54) is 231 Å². The van der Waals surface area contributed by atoms with Gasteiger partial charge in [-0.25, -0.2) is 0 Å². The van der Waals surface area contributed by atoms with Gasteiger partial charge in [-0.05, 0) is 70.6 Å². The molecule has 0 aromatic carbocycles. The Hall–Kier alpha value is -2.11. The number of allylic oxidation sites excluding steroid dienone is 4. The van der Waals surface area contributed by atoms with E-state index >= 15 is 0 Å². The highest BCUT2D eigenvalue weighted by molar-refractivity contribution is 5.71. The van der Waals surface area contributed by atoms with Crippen molar-refractivity contribution in [2.45, 2.75) is 341 Å². The van der Waals surface area contributed by atoms with Crippen LogP contribution in [0, 0.1) is 0 Å². The van der Waals surface area contributed by atoms with Crippen LogP contribution >= 0.6 is 0 Å². The van der Waals surface area contributed by atoms with Crippen molar-refractivity contribution >= 4 is 17.9 Å². The fourth-order valence-electron chi connectivity index (χ4n) is 9.08. The van der Waals surface area contributed by atoms with E-state index in [-0.39, 0.29) is 31.1 Å². The Morgan fingerprint density at radius 3 is 0.735 bits per heavy atom. The number of hydrogen-bond donors (Lipinski definition) is 0. The van der Waals surface area contributed by atoms with Gasteiger partial charge in [0.05, 0.1) is 0 Å². The van der Waals surface area contributed by atoms with E-state index in [1.807, 2.05) is 0 Å². The molecule has 0 bridgehead atoms. The summed E-state index contributed by atoms with van der Waals surface area (Å²) in [7, 11) is 0. The first-order valence-electron chi connectivity index (χ1n) is 30.3. The molecule has 0 heterocycles. The molecule has 0 aliphatic rings. The highest BCUT2D eigenvalue weighted by Crippen LogP contribution is 2.17. The first-order valence-corrected chi connectivity index (χ1v) is 30.3. The quantitative estimate of drug-likeness (QED) is 0.0262. The zero-order chi connectivity index (χ0) is 49.3. The summed E-state index contributed by atoms with van der Waals surface area (Å²) in [5.41, 5.74) is 0. The van der Waals surface area contributed by atoms with Crippen LogP contribution in [-0.2, 0) is 28.6 Å². The van der Waals surface area contributed by atoms with Crippen molar-refractivity contribution < 1.29 is 28.6 Å². The maximum Gasteiger partial charge on any atom is 0.306 e. The number of unbranched alkanes of at least 4 members (excludes halogenated alkanes) is 41. The molecule has 0 aliphatic heterocycles. The fourth-order valence-corrected chi connectivity index (χ4v) is 9.08. The van der Waals surface area contributed by atoms with Crippen LogP contribution in [0.3, 0.4) is 0 Å². The number of hydrogen-bond acceptors (Lipinski definition) is 6. The molecule has 6 nitrogen and oxygen atoms in total. The summed E-state index contributed by atoms with van der Waals surface area (Å²) in [4.78, 5) is 38.2. The lowest BCUT2D eigenvalue weighted by atomic mass is 10.0. The van der Waals surface area contributed by atoms with Gasteiger partial charge in [0.15, 0.2) is 6.10 Å². The Kier molecular flexibility index (Phi) is 55.7. The van der Waals surface area contributed by atoms with Gasteiger partial charge in [0.25, 0.3) is 0 Å². The summed E-state index contributed by atoms with van der Waals surface area (Å²) in [6.45, 7) is 6.68. The summed E-state index contributed by atoms with van der Waals surface area (Å²) in [6, 6.07) is 0. The molecule has 0 saturated carbocycles. The smallest absolute Gasteiger partial charge is 0.306 e. The average molecular weight is 958 g/mol. The number of carbonyl (C=O) groups excluding carboxylic acids is 3. The lowest BCUT2D eigenvalue weighted by Crippen LogP contribution is -2.30. The summed E-state index contributed by atoms with van der Waals surface area (Å²) in [5.74, 6) is -0.862. The van der Waals surface area contributed by atoms with Crippen LogP contribution in [0.5, 0.6) is 0 Å². The molecule has 0 radical (unpaired) electrons. The van der Waals surface area contributed by atoms with Crippen molar-refractivity contribution in [3.8, 4) is 0 Å². The Morgan fingerprint density at radius 1 is 0.279 bits per heavy atom. The zero-order valence-corrected chi connectivity index (χ0v) is 45.9. The largest absolute Gasteiger partial charge is 0.462 e. The molecule has 0 aliphatic carbocycles. The van der Waals surface area contributed by atoms with Crippen molar-refractivity contribution in [3.63, 3.8) is 0 Å². The second-order valence-corrected chi connectivity index (χ2v) is 20.6. The van der Waals surface area contributed by atoms with Gasteiger partial charge in [-0.3, -0.25) is 14.4 Å². The molecule has 0 amide bonds. The lowest BCUT2D eigenvalue weighted by molar-refractivity contribution is -0.167. The molecule has 6 heteroatoms. The number of ether oxygens (including phenoxy) is 3. The van der Waals surface area contributed by atoms with Gasteiger partial charge in [-0.1, -0.05) is 270 Å². The van der Waals surface area contributed by atoms with E-state index in [0.29, 0.717) is 19.3 Å². The maximum absolute atomic E-state index is 12.9. The van der Waals surface area contributed by atoms with Crippen LogP contribution in [-0.4, -0.2) is 37.2 Å². The highest BCUT2D eigenvalue weighted by Gasteiger charge is 2.19. The first-order chi connectivity index (χ1) is 33.5. The second kappa shape index (κ2) is 57.5. The van der Waals surface area contributed by atoms with Gasteiger partial charge < -0.3 is 14.2 Å². The van der Waals surface area contributed by atoms with Crippen LogP contribution in [0.4, 0.5) is 0 Å². The number of rotatable bonds is 56. The molecule has 68 heavy (non-hydrogen) atoms. The standard InChI is InChI=1S/C62H116O6/c1-4-7-10-13-16-19-22-25-28-30-31-32-35-37-40-43-46-49-52-55-61(64)67-58-59(57-66-60(63)54-51-48-45-42-39-36-33-27-24-21-18-15-12-9-6-3)68-62(65)56-53-50-47-44-41-38-34-29-26-23-20-17-14-11-8-5-2/h29-31,34,59H,4-28,32-33,35-58H2,1-3H3/b31-30-,34-29-. The summed E-state index contributed by atoms with van der Waals surface area (Å²) < 4.78 is 16.9. The maximum atomic E-state index is 12.9. The zero-order valence-electron chi connectivity index (χ0n) is 45.9. The fraction of sp³-hybridized carbons (Fsp3) is 0.887. The van der Waals surface area contributed by atoms with Gasteiger partial charge in [0, 0.05) is 19.3 Å². The van der Waals surface area contributed by atoms with E-state index in [1.54, 1.807) is 0 Å². The lowest BCUT2D eigenvalue weighted by Gasteiger charge is -2.18. The topological polar surface area (TPSA) is 78.9 Å². The van der Waals surface area contributed by atoms with Gasteiger partial charge >= 0.3 is 17.9 Å². The Morgan fingerprint density at radius 2 is 0.485 bits per heavy atom. The van der Waals surface area contributed by atoms with Crippen LogP contribution in [0.2, 0.25) is 0 Å². The molecular weight excluding hydrogens is 841 g/mol. The Balaban J connectivity index is 4.33. The van der Waals surface area contributed by atoms with Crippen LogP contribution in [0.25, 0.3) is 0 Å². The van der Waals surface area contributed by atoms with Gasteiger partial charge in [-0.15, -0.1) is 0 Å². The highest BCUT2D eigenvalue weighted by atomic mass is 16.6. The van der Waals surface area contributed by atoms with Crippen molar-refractivity contribution in [3.05, 3.63) is 24.3 Å². The van der Waals surface area contributed by atoms with Crippen molar-refractivity contribution in [2.75, 3.05) is 13.2 Å². The molecule has 0 rings (SSSR count). The molecule has 1 unspecified atom stereocenters. The van der Waals surface area contributed by atoms with E-state index in [9.17, 15) is 14.4 Å². The monoisotopic (exact) mass is 957 g/mol. The third-order valence-corrected chi connectivity index (χ3v) is 13.7. The molecule has 0 N–H and O–H groups in total. The normalized spacial score (nSPS) is 12.1. The van der Waals surface area contributed by atoms with Gasteiger partial charge in [0.2, 0.25) is 0 Å². The minimum atomic E-state index is -0.774. The van der Waals surface area contributed by atoms with Crippen molar-refractivity contribution in [1.82, 2.24) is 0 Å². The number of carbonyl (C=O) groups is 3. The Labute approximate surface area is 423 Å². The second-order valence-electron chi connectivity index (χ2n) is 20.6. The predicted octanol–water partition coefficient (Wildman–Crippen LogP) is 20.3. The van der Waals surface area contributed by atoms with E-state index in [0.717, 1.165) is 64.2 Å². The Bertz CT molecular complexity index is 1100. The third-order valence-electron chi connectivity index (χ3n) is 13.7. The van der Waals surface area contributed by atoms with E-state index in [2.05, 4.69) is 45.1 Å². The SMILES string of the molecule is CCCCCCCCC/C=C\CCCCCCCC(=O)OC(COC(=O)CCCCCCCCC/C=C\CCCCCCCCCC)COC(=O)CCCCCCCCCCCCCCCCC. The van der Waals surface area contributed by atoms with E-state index < -0.39 is 6.10 Å². The van der Waals surface area contributed by atoms with Crippen molar-refractivity contribution in [1.29, 1.82) is 0 Å². The molecule has 0 fully saturated rings. The average Bonchev–Trinajstić information content (AvgIpc) is 3.34. The minimum absolute atomic E-state index is 0.0713. The minimum Gasteiger partial charge on any atom is -0.462 e. The summed E-state index contributed by atoms with van der Waals surface area (Å²) in [6.07, 6.45) is 67.4. The summed E-state index contributed by atoms with van der Waals surface area (Å²) in [5, 5.41) is 0. The molecule has 400 valence electrons. The molecule has 0 saturated heterocycles. The molecule has 0 aromatic heterocycles. The first kappa shape index (κ1) is 65.9. The third kappa shape index (κ3) is 54.8. The molecule has 0 spiro atoms. The van der Waals surface area contributed by atoms with Crippen LogP contribution < -0.4 is 0 Å².